The third-order valence-corrected chi connectivity index (χ3v) is 3.59. The third kappa shape index (κ3) is 3.00. The maximum absolute atomic E-state index is 6.18. The van der Waals surface area contributed by atoms with E-state index in [0.29, 0.717) is 11.6 Å². The van der Waals surface area contributed by atoms with E-state index in [4.69, 9.17) is 11.6 Å². The van der Waals surface area contributed by atoms with Crippen LogP contribution in [0.2, 0.25) is 5.02 Å². The number of pyridine rings is 1. The summed E-state index contributed by atoms with van der Waals surface area (Å²) < 4.78 is 2.02. The molecule has 3 aromatic rings. The minimum atomic E-state index is 0.700. The molecule has 21 heavy (non-hydrogen) atoms. The molecule has 0 bridgehead atoms. The highest BCUT2D eigenvalue weighted by molar-refractivity contribution is 6.31. The van der Waals surface area contributed by atoms with E-state index in [1.165, 1.54) is 0 Å². The SMILES string of the molecule is CCCn1nccc1CNc1cc(Cl)cc2cccnc12. The first-order chi connectivity index (χ1) is 10.3. The molecule has 0 aliphatic carbocycles. The van der Waals surface area contributed by atoms with Crippen LogP contribution in [-0.2, 0) is 13.1 Å². The molecule has 0 radical (unpaired) electrons. The van der Waals surface area contributed by atoms with Gasteiger partial charge in [-0.2, -0.15) is 5.10 Å². The summed E-state index contributed by atoms with van der Waals surface area (Å²) in [6.07, 6.45) is 4.69. The van der Waals surface area contributed by atoms with Crippen molar-refractivity contribution in [1.29, 1.82) is 0 Å². The van der Waals surface area contributed by atoms with Crippen LogP contribution in [0.25, 0.3) is 10.9 Å². The molecule has 1 N–H and O–H groups in total. The molecule has 0 amide bonds. The van der Waals surface area contributed by atoms with Crippen molar-refractivity contribution in [3.05, 3.63) is 53.4 Å². The van der Waals surface area contributed by atoms with Crippen molar-refractivity contribution in [3.8, 4) is 0 Å². The number of anilines is 1. The van der Waals surface area contributed by atoms with Gasteiger partial charge in [0.05, 0.1) is 23.4 Å². The van der Waals surface area contributed by atoms with Gasteiger partial charge in [0.25, 0.3) is 0 Å². The molecule has 0 fully saturated rings. The van der Waals surface area contributed by atoms with Crippen LogP contribution < -0.4 is 5.32 Å². The van der Waals surface area contributed by atoms with Crippen LogP contribution in [0.4, 0.5) is 5.69 Å². The molecule has 0 atom stereocenters. The number of halogens is 1. The molecule has 2 aromatic heterocycles. The lowest BCUT2D eigenvalue weighted by Gasteiger charge is -2.11. The normalized spacial score (nSPS) is 11.0. The van der Waals surface area contributed by atoms with Crippen LogP contribution in [0.5, 0.6) is 0 Å². The molecule has 2 heterocycles. The van der Waals surface area contributed by atoms with Crippen molar-refractivity contribution in [3.63, 3.8) is 0 Å². The highest BCUT2D eigenvalue weighted by Crippen LogP contribution is 2.26. The number of nitrogens with one attached hydrogen (secondary N) is 1. The maximum atomic E-state index is 6.18. The summed E-state index contributed by atoms with van der Waals surface area (Å²) in [6.45, 7) is 3.78. The standard InChI is InChI=1S/C16H17ClN4/c1-2-8-21-14(5-7-20-21)11-19-15-10-13(17)9-12-4-3-6-18-16(12)15/h3-7,9-10,19H,2,8,11H2,1H3. The van der Waals surface area contributed by atoms with Gasteiger partial charge < -0.3 is 5.32 Å². The van der Waals surface area contributed by atoms with E-state index < -0.39 is 0 Å². The summed E-state index contributed by atoms with van der Waals surface area (Å²) in [4.78, 5) is 4.44. The lowest BCUT2D eigenvalue weighted by Crippen LogP contribution is -2.09. The van der Waals surface area contributed by atoms with Gasteiger partial charge in [0, 0.05) is 29.3 Å². The number of rotatable bonds is 5. The van der Waals surface area contributed by atoms with Gasteiger partial charge in [-0.1, -0.05) is 24.6 Å². The molecule has 4 nitrogen and oxygen atoms in total. The van der Waals surface area contributed by atoms with Crippen LogP contribution >= 0.6 is 11.6 Å². The summed E-state index contributed by atoms with van der Waals surface area (Å²) in [5.41, 5.74) is 3.03. The molecular formula is C16H17ClN4. The van der Waals surface area contributed by atoms with E-state index in [-0.39, 0.29) is 0 Å². The average molecular weight is 301 g/mol. The molecule has 5 heteroatoms. The molecule has 0 saturated carbocycles. The summed E-state index contributed by atoms with van der Waals surface area (Å²) in [6, 6.07) is 9.80. The van der Waals surface area contributed by atoms with E-state index in [0.717, 1.165) is 35.2 Å². The van der Waals surface area contributed by atoms with Crippen molar-refractivity contribution in [2.45, 2.75) is 26.4 Å². The van der Waals surface area contributed by atoms with Crippen molar-refractivity contribution in [1.82, 2.24) is 14.8 Å². The van der Waals surface area contributed by atoms with E-state index in [2.05, 4.69) is 22.3 Å². The zero-order chi connectivity index (χ0) is 14.7. The minimum Gasteiger partial charge on any atom is -0.378 e. The first-order valence-electron chi connectivity index (χ1n) is 7.07. The Morgan fingerprint density at radius 3 is 3.00 bits per heavy atom. The number of hydrogen-bond acceptors (Lipinski definition) is 3. The van der Waals surface area contributed by atoms with Crippen LogP contribution in [-0.4, -0.2) is 14.8 Å². The van der Waals surface area contributed by atoms with Crippen LogP contribution in [0.3, 0.4) is 0 Å². The molecule has 0 spiro atoms. The van der Waals surface area contributed by atoms with Crippen LogP contribution in [0.1, 0.15) is 19.0 Å². The summed E-state index contributed by atoms with van der Waals surface area (Å²) >= 11 is 6.18. The predicted molar refractivity (Wildman–Crippen MR) is 86.6 cm³/mol. The second-order valence-electron chi connectivity index (χ2n) is 4.93. The molecule has 0 aliphatic heterocycles. The largest absolute Gasteiger partial charge is 0.378 e. The summed E-state index contributed by atoms with van der Waals surface area (Å²) in [7, 11) is 0. The van der Waals surface area contributed by atoms with Crippen LogP contribution in [0, 0.1) is 0 Å². The highest BCUT2D eigenvalue weighted by atomic mass is 35.5. The van der Waals surface area contributed by atoms with Crippen molar-refractivity contribution >= 4 is 28.2 Å². The summed E-state index contributed by atoms with van der Waals surface area (Å²) in [5, 5.41) is 9.50. The third-order valence-electron chi connectivity index (χ3n) is 3.37. The number of nitrogens with zero attached hydrogens (tertiary/aromatic N) is 3. The highest BCUT2D eigenvalue weighted by Gasteiger charge is 2.06. The lowest BCUT2D eigenvalue weighted by molar-refractivity contribution is 0.578. The monoisotopic (exact) mass is 300 g/mol. The van der Waals surface area contributed by atoms with E-state index in [1.54, 1.807) is 6.20 Å². The number of benzene rings is 1. The Kier molecular flexibility index (Phi) is 4.06. The first kappa shape index (κ1) is 13.9. The number of fused-ring (bicyclic) bond motifs is 1. The van der Waals surface area contributed by atoms with Crippen molar-refractivity contribution < 1.29 is 0 Å². The molecular weight excluding hydrogens is 284 g/mol. The topological polar surface area (TPSA) is 42.7 Å². The van der Waals surface area contributed by atoms with Gasteiger partial charge in [-0.15, -0.1) is 0 Å². The Labute approximate surface area is 128 Å². The van der Waals surface area contributed by atoms with Gasteiger partial charge in [-0.05, 0) is 30.7 Å². The van der Waals surface area contributed by atoms with Gasteiger partial charge in [0.1, 0.15) is 0 Å². The zero-order valence-electron chi connectivity index (χ0n) is 11.9. The van der Waals surface area contributed by atoms with Crippen LogP contribution in [0.15, 0.2) is 42.7 Å². The second-order valence-corrected chi connectivity index (χ2v) is 5.36. The van der Waals surface area contributed by atoms with Gasteiger partial charge >= 0.3 is 0 Å². The maximum Gasteiger partial charge on any atom is 0.0934 e. The zero-order valence-corrected chi connectivity index (χ0v) is 12.6. The van der Waals surface area contributed by atoms with Gasteiger partial charge in [-0.25, -0.2) is 0 Å². The van der Waals surface area contributed by atoms with Crippen molar-refractivity contribution in [2.75, 3.05) is 5.32 Å². The smallest absolute Gasteiger partial charge is 0.0934 e. The number of hydrogen-bond donors (Lipinski definition) is 1. The Bertz CT molecular complexity index is 751. The van der Waals surface area contributed by atoms with Crippen molar-refractivity contribution in [2.24, 2.45) is 0 Å². The quantitative estimate of drug-likeness (QED) is 0.771. The molecule has 0 saturated heterocycles. The Balaban J connectivity index is 1.86. The fourth-order valence-corrected chi connectivity index (χ4v) is 2.63. The number of aryl methyl sites for hydroxylation is 1. The Morgan fingerprint density at radius 2 is 2.14 bits per heavy atom. The minimum absolute atomic E-state index is 0.700. The van der Waals surface area contributed by atoms with E-state index in [1.807, 2.05) is 41.2 Å². The molecule has 0 aliphatic rings. The number of aromatic nitrogens is 3. The second kappa shape index (κ2) is 6.14. The fourth-order valence-electron chi connectivity index (χ4n) is 2.40. The molecule has 0 unspecified atom stereocenters. The fraction of sp³-hybridized carbons (Fsp3) is 0.250. The molecule has 3 rings (SSSR count). The molecule has 1 aromatic carbocycles. The Hall–Kier alpha value is -2.07. The van der Waals surface area contributed by atoms with E-state index in [9.17, 15) is 0 Å². The molecule has 108 valence electrons. The van der Waals surface area contributed by atoms with E-state index >= 15 is 0 Å². The summed E-state index contributed by atoms with van der Waals surface area (Å²) in [5.74, 6) is 0. The first-order valence-corrected chi connectivity index (χ1v) is 7.44. The van der Waals surface area contributed by atoms with Gasteiger partial charge in [-0.3, -0.25) is 9.67 Å². The lowest BCUT2D eigenvalue weighted by atomic mass is 10.2. The van der Waals surface area contributed by atoms with Gasteiger partial charge in [0.15, 0.2) is 0 Å². The Morgan fingerprint density at radius 1 is 1.24 bits per heavy atom. The average Bonchev–Trinajstić information content (AvgIpc) is 2.92. The predicted octanol–water partition coefficient (Wildman–Crippen LogP) is 4.11. The van der Waals surface area contributed by atoms with Gasteiger partial charge in [0.2, 0.25) is 0 Å².